The number of hydrogen-bond donors (Lipinski definition) is 0. The van der Waals surface area contributed by atoms with Crippen LogP contribution in [0.1, 0.15) is 25.0 Å². The zero-order valence-corrected chi connectivity index (χ0v) is 12.3. The first-order chi connectivity index (χ1) is 11.1. The summed E-state index contributed by atoms with van der Waals surface area (Å²) < 4.78 is 17.9. The molecule has 0 aromatic heterocycles. The summed E-state index contributed by atoms with van der Waals surface area (Å²) in [5.74, 6) is -1.43. The molecule has 2 aromatic carbocycles. The number of benzene rings is 2. The number of carbonyl (C=O) groups excluding carboxylic acids is 2. The van der Waals surface area contributed by atoms with Gasteiger partial charge in [-0.3, -0.25) is 4.79 Å². The van der Waals surface area contributed by atoms with Gasteiger partial charge in [-0.05, 0) is 12.0 Å². The topological polar surface area (TPSA) is 52.6 Å². The number of aryl methyl sites for hydroxylation is 1. The van der Waals surface area contributed by atoms with Gasteiger partial charge in [0.25, 0.3) is 0 Å². The van der Waals surface area contributed by atoms with Crippen molar-refractivity contribution < 1.29 is 20.4 Å². The van der Waals surface area contributed by atoms with Crippen LogP contribution in [0.15, 0.2) is 60.7 Å². The maximum absolute atomic E-state index is 12.1. The van der Waals surface area contributed by atoms with Gasteiger partial charge in [0.1, 0.15) is 0 Å². The molecule has 0 aliphatic heterocycles. The highest BCUT2D eigenvalue weighted by atomic mass is 16.6. The van der Waals surface area contributed by atoms with Crippen molar-refractivity contribution in [1.82, 2.24) is 0 Å². The summed E-state index contributed by atoms with van der Waals surface area (Å²) in [7, 11) is 1.23. The molecule has 0 saturated carbocycles. The molecule has 0 saturated heterocycles. The smallest absolute Gasteiger partial charge is 0.351 e. The fraction of sp³-hybridized carbons (Fsp3) is 0.222. The van der Waals surface area contributed by atoms with Crippen LogP contribution in [0.4, 0.5) is 0 Å². The van der Waals surface area contributed by atoms with Crippen molar-refractivity contribution in [2.75, 3.05) is 7.11 Å². The van der Waals surface area contributed by atoms with Gasteiger partial charge in [-0.25, -0.2) is 4.79 Å². The van der Waals surface area contributed by atoms with Crippen LogP contribution in [0.2, 0.25) is 0 Å². The van der Waals surface area contributed by atoms with Gasteiger partial charge in [0.2, 0.25) is 6.10 Å². The fourth-order valence-corrected chi connectivity index (χ4v) is 1.97. The molecular formula is C18H18O4. The van der Waals surface area contributed by atoms with Crippen molar-refractivity contribution in [1.29, 1.82) is 0 Å². The lowest BCUT2D eigenvalue weighted by Gasteiger charge is -2.16. The molecule has 1 unspecified atom stereocenters. The monoisotopic (exact) mass is 299 g/mol. The summed E-state index contributed by atoms with van der Waals surface area (Å²) in [5.41, 5.74) is 1.37. The molecule has 0 aliphatic carbocycles. The highest BCUT2D eigenvalue weighted by Gasteiger charge is 2.25. The molecule has 2 aromatic rings. The minimum Gasteiger partial charge on any atom is -0.466 e. The zero-order valence-electron chi connectivity index (χ0n) is 13.3. The van der Waals surface area contributed by atoms with E-state index in [1.807, 2.05) is 30.3 Å². The lowest BCUT2D eigenvalue weighted by Crippen LogP contribution is -2.21. The van der Waals surface area contributed by atoms with Crippen LogP contribution in [0.5, 0.6) is 0 Å². The van der Waals surface area contributed by atoms with Crippen molar-refractivity contribution in [3.8, 4) is 0 Å². The summed E-state index contributed by atoms with van der Waals surface area (Å²) in [6.45, 7) is 0. The van der Waals surface area contributed by atoms with E-state index < -0.39 is 24.4 Å². The Morgan fingerprint density at radius 2 is 1.64 bits per heavy atom. The van der Waals surface area contributed by atoms with Crippen molar-refractivity contribution in [3.05, 3.63) is 71.8 Å². The van der Waals surface area contributed by atoms with Gasteiger partial charge in [0.15, 0.2) is 0 Å². The number of carbonyl (C=O) groups is 2. The Kier molecular flexibility index (Phi) is 5.19. The quantitative estimate of drug-likeness (QED) is 0.769. The predicted molar refractivity (Wildman–Crippen MR) is 82.1 cm³/mol. The van der Waals surface area contributed by atoms with Gasteiger partial charge in [0, 0.05) is 13.3 Å². The predicted octanol–water partition coefficient (Wildman–Crippen LogP) is 3.08. The van der Waals surface area contributed by atoms with Gasteiger partial charge in [-0.15, -0.1) is 0 Å². The lowest BCUT2D eigenvalue weighted by atomic mass is 10.1. The largest absolute Gasteiger partial charge is 0.466 e. The van der Waals surface area contributed by atoms with Gasteiger partial charge >= 0.3 is 11.9 Å². The minimum absolute atomic E-state index is 0.225. The zero-order chi connectivity index (χ0) is 16.7. The van der Waals surface area contributed by atoms with Crippen LogP contribution >= 0.6 is 0 Å². The molecule has 4 heteroatoms. The van der Waals surface area contributed by atoms with Crippen LogP contribution in [0.25, 0.3) is 0 Å². The van der Waals surface area contributed by atoms with Gasteiger partial charge in [-0.2, -0.15) is 0 Å². The summed E-state index contributed by atoms with van der Waals surface area (Å²) in [6, 6.07) is 17.8. The van der Waals surface area contributed by atoms with E-state index in [9.17, 15) is 9.59 Å². The average molecular weight is 299 g/mol. The molecule has 2 atom stereocenters. The summed E-state index contributed by atoms with van der Waals surface area (Å²) in [4.78, 5) is 24.0. The van der Waals surface area contributed by atoms with Crippen molar-refractivity contribution in [3.63, 3.8) is 0 Å². The SMILES string of the molecule is [2H]C(Cc1ccccc1)C(=O)O[C@@H](C(=O)OC)c1ccccc1. The van der Waals surface area contributed by atoms with Crippen LogP contribution in [-0.2, 0) is 25.5 Å². The van der Waals surface area contributed by atoms with E-state index in [-0.39, 0.29) is 6.42 Å². The van der Waals surface area contributed by atoms with E-state index in [0.29, 0.717) is 5.56 Å². The van der Waals surface area contributed by atoms with Crippen LogP contribution in [-0.4, -0.2) is 19.0 Å². The second kappa shape index (κ2) is 7.98. The van der Waals surface area contributed by atoms with Crippen LogP contribution in [0.3, 0.4) is 0 Å². The maximum Gasteiger partial charge on any atom is 0.351 e. The third-order valence-electron chi connectivity index (χ3n) is 3.10. The van der Waals surface area contributed by atoms with E-state index in [0.717, 1.165) is 5.56 Å². The first kappa shape index (κ1) is 14.3. The van der Waals surface area contributed by atoms with Crippen molar-refractivity contribution in [2.24, 2.45) is 0 Å². The van der Waals surface area contributed by atoms with E-state index in [2.05, 4.69) is 4.74 Å². The molecule has 0 radical (unpaired) electrons. The molecule has 22 heavy (non-hydrogen) atoms. The molecular weight excluding hydrogens is 280 g/mol. The Labute approximate surface area is 131 Å². The third kappa shape index (κ3) is 4.45. The van der Waals surface area contributed by atoms with Gasteiger partial charge in [-0.1, -0.05) is 60.7 Å². The molecule has 0 aliphatic rings. The van der Waals surface area contributed by atoms with E-state index in [1.165, 1.54) is 7.11 Å². The fourth-order valence-electron chi connectivity index (χ4n) is 1.97. The second-order valence-corrected chi connectivity index (χ2v) is 4.64. The molecule has 0 heterocycles. The van der Waals surface area contributed by atoms with E-state index in [1.54, 1.807) is 30.3 Å². The summed E-state index contributed by atoms with van der Waals surface area (Å²) in [6.07, 6.45) is -2.03. The third-order valence-corrected chi connectivity index (χ3v) is 3.10. The number of rotatable bonds is 6. The number of ether oxygens (including phenoxy) is 2. The number of methoxy groups -OCH3 is 1. The van der Waals surface area contributed by atoms with Gasteiger partial charge in [0.05, 0.1) is 7.11 Å². The standard InChI is InChI=1S/C18H18O4/c1-21-18(20)17(15-10-6-3-7-11-15)22-16(19)13-12-14-8-4-2-5-9-14/h2-11,17H,12-13H2,1H3/t17-/m1/s1/i13D/t13?,17-. The molecule has 4 nitrogen and oxygen atoms in total. The molecule has 0 N–H and O–H groups in total. The summed E-state index contributed by atoms with van der Waals surface area (Å²) in [5, 5.41) is 0. The molecule has 0 fully saturated rings. The first-order valence-electron chi connectivity index (χ1n) is 7.49. The Balaban J connectivity index is 2.07. The van der Waals surface area contributed by atoms with Crippen molar-refractivity contribution >= 4 is 11.9 Å². The van der Waals surface area contributed by atoms with Crippen LogP contribution in [0, 0.1) is 0 Å². The summed E-state index contributed by atoms with van der Waals surface area (Å²) >= 11 is 0. The highest BCUT2D eigenvalue weighted by molar-refractivity contribution is 5.80. The number of hydrogen-bond acceptors (Lipinski definition) is 4. The number of esters is 2. The lowest BCUT2D eigenvalue weighted by molar-refractivity contribution is -0.166. The molecule has 114 valence electrons. The van der Waals surface area contributed by atoms with E-state index in [4.69, 9.17) is 6.11 Å². The van der Waals surface area contributed by atoms with Crippen LogP contribution < -0.4 is 0 Å². The second-order valence-electron chi connectivity index (χ2n) is 4.64. The Bertz CT molecular complexity index is 643. The van der Waals surface area contributed by atoms with Crippen molar-refractivity contribution in [2.45, 2.75) is 18.9 Å². The van der Waals surface area contributed by atoms with Gasteiger partial charge < -0.3 is 9.47 Å². The Morgan fingerprint density at radius 3 is 2.23 bits per heavy atom. The molecule has 0 bridgehead atoms. The normalized spacial score (nSPS) is 13.6. The van der Waals surface area contributed by atoms with E-state index >= 15 is 0 Å². The average Bonchev–Trinajstić information content (AvgIpc) is 2.60. The maximum atomic E-state index is 12.1. The minimum atomic E-state index is -1.16. The Morgan fingerprint density at radius 1 is 1.05 bits per heavy atom. The molecule has 0 spiro atoms. The first-order valence-corrected chi connectivity index (χ1v) is 6.91. The Hall–Kier alpha value is -2.62. The highest BCUT2D eigenvalue weighted by Crippen LogP contribution is 2.19. The molecule has 0 amide bonds. The molecule has 2 rings (SSSR count).